The molecule has 0 saturated carbocycles. The maximum absolute atomic E-state index is 13.4. The Balaban J connectivity index is 6.16. The van der Waals surface area contributed by atoms with Gasteiger partial charge in [0, 0.05) is 25.7 Å². The summed E-state index contributed by atoms with van der Waals surface area (Å²) in [6.45, 7) is 18.6. The molecule has 0 spiro atoms. The molecule has 154 valence electrons. The summed E-state index contributed by atoms with van der Waals surface area (Å²) in [4.78, 5) is 13.4. The van der Waals surface area contributed by atoms with Gasteiger partial charge >= 0.3 is 0 Å². The molecule has 0 rings (SSSR count). The number of hydrogen-bond donors (Lipinski definition) is 0. The van der Waals surface area contributed by atoms with E-state index in [9.17, 15) is 4.79 Å². The van der Waals surface area contributed by atoms with E-state index in [1.807, 2.05) is 34.6 Å². The fraction of sp³-hybridized carbons (Fsp3) is 0.864. The molecule has 0 saturated heterocycles. The van der Waals surface area contributed by atoms with Gasteiger partial charge in [-0.3, -0.25) is 4.79 Å². The molecular weight excluding hydrogens is 328 g/mol. The van der Waals surface area contributed by atoms with E-state index in [0.717, 1.165) is 19.3 Å². The van der Waals surface area contributed by atoms with E-state index in [2.05, 4.69) is 13.5 Å². The molecule has 0 aliphatic rings. The first kappa shape index (κ1) is 25.3. The highest BCUT2D eigenvalue weighted by Crippen LogP contribution is 2.48. The van der Waals surface area contributed by atoms with Crippen LogP contribution in [0.5, 0.6) is 0 Å². The van der Waals surface area contributed by atoms with Gasteiger partial charge in [-0.2, -0.15) is 0 Å². The fourth-order valence-electron chi connectivity index (χ4n) is 3.80. The van der Waals surface area contributed by atoms with E-state index >= 15 is 0 Å². The monoisotopic (exact) mass is 370 g/mol. The van der Waals surface area contributed by atoms with Crippen molar-refractivity contribution in [2.45, 2.75) is 98.4 Å². The molecule has 0 aromatic heterocycles. The van der Waals surface area contributed by atoms with Crippen molar-refractivity contribution in [2.75, 3.05) is 20.3 Å². The third kappa shape index (κ3) is 5.40. The Labute approximate surface area is 161 Å². The maximum atomic E-state index is 13.4. The average molecular weight is 371 g/mol. The highest BCUT2D eigenvalue weighted by molar-refractivity contribution is 6.02. The van der Waals surface area contributed by atoms with Crippen LogP contribution in [0, 0.1) is 5.41 Å². The van der Waals surface area contributed by atoms with Gasteiger partial charge in [0.15, 0.2) is 11.4 Å². The third-order valence-electron chi connectivity index (χ3n) is 4.95. The molecule has 0 fully saturated rings. The van der Waals surface area contributed by atoms with E-state index in [0.29, 0.717) is 25.2 Å². The van der Waals surface area contributed by atoms with Crippen LogP contribution in [-0.4, -0.2) is 37.5 Å². The van der Waals surface area contributed by atoms with Crippen LogP contribution in [0.1, 0.15) is 87.0 Å². The zero-order chi connectivity index (χ0) is 20.4. The number of carbonyl (C=O) groups excluding carboxylic acids is 1. The minimum absolute atomic E-state index is 0.132. The van der Waals surface area contributed by atoms with E-state index < -0.39 is 16.8 Å². The lowest BCUT2D eigenvalue weighted by Gasteiger charge is -2.54. The predicted octanol–water partition coefficient (Wildman–Crippen LogP) is 5.69. The van der Waals surface area contributed by atoms with Crippen molar-refractivity contribution < 1.29 is 19.0 Å². The van der Waals surface area contributed by atoms with Crippen LogP contribution < -0.4 is 0 Å². The van der Waals surface area contributed by atoms with Gasteiger partial charge in [-0.25, -0.2) is 0 Å². The van der Waals surface area contributed by atoms with Crippen molar-refractivity contribution in [3.05, 3.63) is 12.2 Å². The van der Waals surface area contributed by atoms with E-state index in [-0.39, 0.29) is 5.78 Å². The van der Waals surface area contributed by atoms with Crippen LogP contribution >= 0.6 is 0 Å². The Hall–Kier alpha value is -0.710. The lowest BCUT2D eigenvalue weighted by atomic mass is 9.69. The smallest absolute Gasteiger partial charge is 0.210 e. The molecule has 0 aromatic rings. The van der Waals surface area contributed by atoms with Crippen LogP contribution in [0.25, 0.3) is 0 Å². The largest absolute Gasteiger partial charge is 0.364 e. The van der Waals surface area contributed by atoms with Crippen LogP contribution in [0.4, 0.5) is 0 Å². The molecular formula is C22H42O4. The molecule has 0 aromatic carbocycles. The maximum Gasteiger partial charge on any atom is 0.210 e. The summed E-state index contributed by atoms with van der Waals surface area (Å²) in [5.74, 6) is -1.31. The van der Waals surface area contributed by atoms with E-state index in [4.69, 9.17) is 14.2 Å². The average Bonchev–Trinajstić information content (AvgIpc) is 2.56. The van der Waals surface area contributed by atoms with Gasteiger partial charge < -0.3 is 14.2 Å². The lowest BCUT2D eigenvalue weighted by molar-refractivity contribution is -0.355. The topological polar surface area (TPSA) is 44.8 Å². The van der Waals surface area contributed by atoms with E-state index in [1.165, 1.54) is 12.8 Å². The molecule has 0 aliphatic carbocycles. The van der Waals surface area contributed by atoms with Crippen molar-refractivity contribution in [3.8, 4) is 0 Å². The Morgan fingerprint density at radius 2 is 1.42 bits per heavy atom. The second-order valence-electron chi connectivity index (χ2n) is 8.04. The van der Waals surface area contributed by atoms with Crippen molar-refractivity contribution in [2.24, 2.45) is 5.41 Å². The Morgan fingerprint density at radius 1 is 0.923 bits per heavy atom. The summed E-state index contributed by atoms with van der Waals surface area (Å²) in [5, 5.41) is 0. The third-order valence-corrected chi connectivity index (χ3v) is 4.95. The highest BCUT2D eigenvalue weighted by Gasteiger charge is 2.64. The molecule has 4 heteroatoms. The zero-order valence-electron chi connectivity index (χ0n) is 18.5. The van der Waals surface area contributed by atoms with Gasteiger partial charge in [-0.15, -0.1) is 0 Å². The molecule has 0 amide bonds. The summed E-state index contributed by atoms with van der Waals surface area (Å²) >= 11 is 0. The molecule has 0 bridgehead atoms. The SMILES string of the molecule is C=C(C)C(=O)C(CCCCCCC)(OC)C(OCC)(OCC)C(C)(C)C. The summed E-state index contributed by atoms with van der Waals surface area (Å²) in [7, 11) is 1.59. The highest BCUT2D eigenvalue weighted by atomic mass is 16.7. The summed E-state index contributed by atoms with van der Waals surface area (Å²) in [5.41, 5.74) is -1.22. The molecule has 0 N–H and O–H groups in total. The second-order valence-corrected chi connectivity index (χ2v) is 8.04. The number of methoxy groups -OCH3 is 1. The van der Waals surface area contributed by atoms with Gasteiger partial charge in [0.2, 0.25) is 5.79 Å². The van der Waals surface area contributed by atoms with Gasteiger partial charge in [-0.05, 0) is 39.2 Å². The molecule has 0 heterocycles. The number of ether oxygens (including phenoxy) is 3. The Morgan fingerprint density at radius 3 is 1.77 bits per heavy atom. The van der Waals surface area contributed by atoms with Crippen LogP contribution in [0.15, 0.2) is 12.2 Å². The van der Waals surface area contributed by atoms with Gasteiger partial charge in [0.25, 0.3) is 0 Å². The van der Waals surface area contributed by atoms with Gasteiger partial charge in [0.05, 0.1) is 0 Å². The van der Waals surface area contributed by atoms with Crippen molar-refractivity contribution in [3.63, 3.8) is 0 Å². The van der Waals surface area contributed by atoms with Gasteiger partial charge in [-0.1, -0.05) is 60.0 Å². The fourth-order valence-corrected chi connectivity index (χ4v) is 3.80. The van der Waals surface area contributed by atoms with Crippen molar-refractivity contribution in [1.29, 1.82) is 0 Å². The molecule has 0 radical (unpaired) electrons. The van der Waals surface area contributed by atoms with Crippen molar-refractivity contribution >= 4 is 5.78 Å². The summed E-state index contributed by atoms with van der Waals surface area (Å²) in [6, 6.07) is 0. The minimum atomic E-state index is -1.21. The molecule has 1 atom stereocenters. The van der Waals surface area contributed by atoms with Crippen molar-refractivity contribution in [1.82, 2.24) is 0 Å². The lowest BCUT2D eigenvalue weighted by Crippen LogP contribution is -2.69. The quantitative estimate of drug-likeness (QED) is 0.224. The number of Topliss-reactive ketones (excluding diaryl/α,β-unsaturated/α-hetero) is 1. The van der Waals surface area contributed by atoms with Crippen LogP contribution in [0.3, 0.4) is 0 Å². The summed E-state index contributed by atoms with van der Waals surface area (Å²) in [6.07, 6.45) is 6.03. The first-order valence-corrected chi connectivity index (χ1v) is 10.1. The normalized spacial score (nSPS) is 14.9. The molecule has 26 heavy (non-hydrogen) atoms. The number of carbonyl (C=O) groups is 1. The number of unbranched alkanes of at least 4 members (excludes halogenated alkanes) is 4. The van der Waals surface area contributed by atoms with Gasteiger partial charge in [0.1, 0.15) is 0 Å². The standard InChI is InChI=1S/C22H42O4/c1-10-13-14-15-16-17-21(24-9,19(23)18(4)5)22(25-11-2,26-12-3)20(6,7)8/h4,10-17H2,1-3,5-9H3. The van der Waals surface area contributed by atoms with E-state index in [1.54, 1.807) is 14.0 Å². The zero-order valence-corrected chi connectivity index (χ0v) is 18.5. The minimum Gasteiger partial charge on any atom is -0.364 e. The Bertz CT molecular complexity index is 430. The summed E-state index contributed by atoms with van der Waals surface area (Å²) < 4.78 is 18.5. The number of rotatable bonds is 14. The number of ketones is 1. The first-order chi connectivity index (χ1) is 12.1. The first-order valence-electron chi connectivity index (χ1n) is 10.1. The molecule has 4 nitrogen and oxygen atoms in total. The number of hydrogen-bond acceptors (Lipinski definition) is 4. The second kappa shape index (κ2) is 11.2. The molecule has 0 aliphatic heterocycles. The molecule has 1 unspecified atom stereocenters. The Kier molecular flexibility index (Phi) is 10.9. The predicted molar refractivity (Wildman–Crippen MR) is 108 cm³/mol. The van der Waals surface area contributed by atoms with Crippen LogP contribution in [-0.2, 0) is 19.0 Å². The van der Waals surface area contributed by atoms with Crippen LogP contribution in [0.2, 0.25) is 0 Å².